The summed E-state index contributed by atoms with van der Waals surface area (Å²) in [5, 5.41) is 11.5. The molecule has 0 amide bonds. The fourth-order valence-electron chi connectivity index (χ4n) is 3.43. The summed E-state index contributed by atoms with van der Waals surface area (Å²) in [5.74, 6) is -0.938. The Morgan fingerprint density at radius 2 is 2.04 bits per heavy atom. The Balaban J connectivity index is 0.00000261. The van der Waals surface area contributed by atoms with Gasteiger partial charge in [0, 0.05) is 17.5 Å². The Morgan fingerprint density at radius 3 is 2.63 bits per heavy atom. The van der Waals surface area contributed by atoms with Crippen LogP contribution in [0.1, 0.15) is 34.7 Å². The molecule has 10 heteroatoms. The van der Waals surface area contributed by atoms with Crippen molar-refractivity contribution in [1.29, 1.82) is 5.41 Å². The number of nitrogens with two attached hydrogens (primary N) is 1. The van der Waals surface area contributed by atoms with Crippen LogP contribution in [0.25, 0.3) is 0 Å². The second-order valence-electron chi connectivity index (χ2n) is 6.40. The third-order valence-electron chi connectivity index (χ3n) is 4.44. The minimum atomic E-state index is -3.51. The second kappa shape index (κ2) is 7.69. The van der Waals surface area contributed by atoms with Gasteiger partial charge in [0.1, 0.15) is 5.82 Å². The lowest BCUT2D eigenvalue weighted by molar-refractivity contribution is 0.566. The Hall–Kier alpha value is -2.39. The average Bonchev–Trinajstić information content (AvgIpc) is 2.90. The molecule has 4 N–H and O–H groups in total. The summed E-state index contributed by atoms with van der Waals surface area (Å²) in [6, 6.07) is 6.44. The van der Waals surface area contributed by atoms with Gasteiger partial charge >= 0.3 is 0 Å². The minimum Gasteiger partial charge on any atom is -0.369 e. The van der Waals surface area contributed by atoms with Gasteiger partial charge in [0.15, 0.2) is 0 Å². The predicted octanol–water partition coefficient (Wildman–Crippen LogP) is 2.08. The molecule has 0 saturated heterocycles. The Bertz CT molecular complexity index is 1020. The number of hydrazone groups is 1. The number of rotatable bonds is 3. The zero-order valence-electron chi connectivity index (χ0n) is 14.9. The SMILES string of the molecule is Cc1cn(S(C)(=O)=O)c2c1/C(=N/NC(=N)N)CC(c1ccccc1F)C2.Cl. The van der Waals surface area contributed by atoms with Gasteiger partial charge in [-0.05, 0) is 42.9 Å². The highest BCUT2D eigenvalue weighted by molar-refractivity contribution is 7.89. The first kappa shape index (κ1) is 20.9. The highest BCUT2D eigenvalue weighted by Gasteiger charge is 2.32. The van der Waals surface area contributed by atoms with Crippen LogP contribution in [0.3, 0.4) is 0 Å². The maximum absolute atomic E-state index is 14.3. The van der Waals surface area contributed by atoms with E-state index in [1.807, 2.05) is 0 Å². The van der Waals surface area contributed by atoms with E-state index in [1.54, 1.807) is 31.3 Å². The molecule has 0 fully saturated rings. The van der Waals surface area contributed by atoms with Crippen molar-refractivity contribution in [3.05, 3.63) is 58.7 Å². The topological polar surface area (TPSA) is 113 Å². The number of nitrogens with one attached hydrogen (secondary N) is 2. The third-order valence-corrected chi connectivity index (χ3v) is 5.48. The fourth-order valence-corrected chi connectivity index (χ4v) is 4.35. The Kier molecular flexibility index (Phi) is 5.96. The van der Waals surface area contributed by atoms with E-state index < -0.39 is 10.0 Å². The van der Waals surface area contributed by atoms with E-state index >= 15 is 0 Å². The predicted molar refractivity (Wildman–Crippen MR) is 106 cm³/mol. The summed E-state index contributed by atoms with van der Waals surface area (Å²) in [4.78, 5) is 0. The highest BCUT2D eigenvalue weighted by Crippen LogP contribution is 2.36. The number of aryl methyl sites for hydroxylation is 1. The molecular formula is C17H21ClFN5O2S. The number of fused-ring (bicyclic) bond motifs is 1. The van der Waals surface area contributed by atoms with Crippen molar-refractivity contribution in [2.75, 3.05) is 6.26 Å². The number of guanidine groups is 1. The smallest absolute Gasteiger partial charge is 0.235 e. The van der Waals surface area contributed by atoms with Crippen molar-refractivity contribution in [1.82, 2.24) is 9.40 Å². The molecule has 0 aliphatic heterocycles. The highest BCUT2D eigenvalue weighted by atomic mass is 35.5. The summed E-state index contributed by atoms with van der Waals surface area (Å²) in [6.07, 6.45) is 3.45. The molecule has 1 heterocycles. The van der Waals surface area contributed by atoms with Crippen molar-refractivity contribution in [3.63, 3.8) is 0 Å². The van der Waals surface area contributed by atoms with Crippen molar-refractivity contribution < 1.29 is 12.8 Å². The monoisotopic (exact) mass is 413 g/mol. The lowest BCUT2D eigenvalue weighted by atomic mass is 9.81. The summed E-state index contributed by atoms with van der Waals surface area (Å²) < 4.78 is 39.9. The number of halogens is 2. The Labute approximate surface area is 163 Å². The first-order valence-corrected chi connectivity index (χ1v) is 9.86. The normalized spacial score (nSPS) is 17.9. The van der Waals surface area contributed by atoms with E-state index in [1.165, 1.54) is 10.0 Å². The van der Waals surface area contributed by atoms with Gasteiger partial charge in [0.05, 0.1) is 12.0 Å². The van der Waals surface area contributed by atoms with Crippen LogP contribution in [-0.4, -0.2) is 30.3 Å². The Morgan fingerprint density at radius 1 is 1.37 bits per heavy atom. The zero-order valence-corrected chi connectivity index (χ0v) is 16.5. The standard InChI is InChI=1S/C17H20FN5O2S.ClH/c1-10-9-23(26(2,24)25)15-8-11(12-5-3-4-6-13(12)18)7-14(16(10)15)21-22-17(19)20;/h3-6,9,11H,7-8H2,1-2H3,(H4,19,20,22);1H/b21-14+;. The maximum atomic E-state index is 14.3. The molecule has 7 nitrogen and oxygen atoms in total. The lowest BCUT2D eigenvalue weighted by Gasteiger charge is -2.26. The zero-order chi connectivity index (χ0) is 19.1. The van der Waals surface area contributed by atoms with E-state index in [2.05, 4.69) is 10.5 Å². The van der Waals surface area contributed by atoms with Gasteiger partial charge in [0.25, 0.3) is 0 Å². The van der Waals surface area contributed by atoms with E-state index in [0.29, 0.717) is 35.4 Å². The van der Waals surface area contributed by atoms with Crippen molar-refractivity contribution in [3.8, 4) is 0 Å². The summed E-state index contributed by atoms with van der Waals surface area (Å²) in [7, 11) is -3.51. The number of hydrogen-bond donors (Lipinski definition) is 3. The van der Waals surface area contributed by atoms with Crippen LogP contribution >= 0.6 is 12.4 Å². The molecule has 0 saturated carbocycles. The number of hydrogen-bond acceptors (Lipinski definition) is 4. The largest absolute Gasteiger partial charge is 0.369 e. The fraction of sp³-hybridized carbons (Fsp3) is 0.294. The first-order chi connectivity index (χ1) is 12.2. The number of aromatic nitrogens is 1. The molecular weight excluding hydrogens is 393 g/mol. The molecule has 2 aromatic rings. The van der Waals surface area contributed by atoms with Crippen LogP contribution < -0.4 is 11.2 Å². The van der Waals surface area contributed by atoms with Gasteiger partial charge in [-0.1, -0.05) is 18.2 Å². The van der Waals surface area contributed by atoms with Crippen LogP contribution in [0.2, 0.25) is 0 Å². The molecule has 1 unspecified atom stereocenters. The molecule has 146 valence electrons. The first-order valence-electron chi connectivity index (χ1n) is 8.01. The quantitative estimate of drug-likeness (QED) is 0.406. The van der Waals surface area contributed by atoms with Crippen LogP contribution in [-0.2, 0) is 16.4 Å². The summed E-state index contributed by atoms with van der Waals surface area (Å²) >= 11 is 0. The molecule has 3 rings (SSSR count). The number of nitrogens with zero attached hydrogens (tertiary/aromatic N) is 2. The van der Waals surface area contributed by atoms with Crippen LogP contribution in [0.4, 0.5) is 4.39 Å². The van der Waals surface area contributed by atoms with Crippen molar-refractivity contribution in [2.24, 2.45) is 10.8 Å². The van der Waals surface area contributed by atoms with E-state index in [9.17, 15) is 12.8 Å². The van der Waals surface area contributed by atoms with Gasteiger partial charge in [-0.25, -0.2) is 22.2 Å². The summed E-state index contributed by atoms with van der Waals surface area (Å²) in [5.41, 5.74) is 10.8. The van der Waals surface area contributed by atoms with E-state index in [0.717, 1.165) is 11.8 Å². The average molecular weight is 414 g/mol. The summed E-state index contributed by atoms with van der Waals surface area (Å²) in [6.45, 7) is 1.80. The molecule has 1 aromatic carbocycles. The van der Waals surface area contributed by atoms with Gasteiger partial charge in [-0.15, -0.1) is 12.4 Å². The van der Waals surface area contributed by atoms with Crippen LogP contribution in [0.15, 0.2) is 35.6 Å². The van der Waals surface area contributed by atoms with Crippen LogP contribution in [0.5, 0.6) is 0 Å². The van der Waals surface area contributed by atoms with Crippen molar-refractivity contribution in [2.45, 2.75) is 25.7 Å². The lowest BCUT2D eigenvalue weighted by Crippen LogP contribution is -2.30. The van der Waals surface area contributed by atoms with Gasteiger partial charge in [0.2, 0.25) is 16.0 Å². The maximum Gasteiger partial charge on any atom is 0.235 e. The van der Waals surface area contributed by atoms with Crippen molar-refractivity contribution >= 4 is 34.1 Å². The second-order valence-corrected chi connectivity index (χ2v) is 8.26. The molecule has 0 spiro atoms. The van der Waals surface area contributed by atoms with Gasteiger partial charge in [-0.3, -0.25) is 5.41 Å². The molecule has 1 atom stereocenters. The third kappa shape index (κ3) is 4.14. The molecule has 27 heavy (non-hydrogen) atoms. The molecule has 0 radical (unpaired) electrons. The van der Waals surface area contributed by atoms with Crippen LogP contribution in [0, 0.1) is 18.2 Å². The molecule has 1 aliphatic carbocycles. The van der Waals surface area contributed by atoms with E-state index in [4.69, 9.17) is 11.1 Å². The van der Waals surface area contributed by atoms with E-state index in [-0.39, 0.29) is 30.1 Å². The minimum absolute atomic E-state index is 0. The molecule has 0 bridgehead atoms. The molecule has 1 aliphatic rings. The molecule has 1 aromatic heterocycles. The number of benzene rings is 1. The van der Waals surface area contributed by atoms with Gasteiger partial charge < -0.3 is 5.73 Å². The van der Waals surface area contributed by atoms with Gasteiger partial charge in [-0.2, -0.15) is 5.10 Å².